The first-order valence-corrected chi connectivity index (χ1v) is 7.69. The first kappa shape index (κ1) is 20.2. The quantitative estimate of drug-likeness (QED) is 0.395. The summed E-state index contributed by atoms with van der Waals surface area (Å²) in [6.45, 7) is 2.13. The van der Waals surface area contributed by atoms with E-state index < -0.39 is 29.9 Å². The van der Waals surface area contributed by atoms with Gasteiger partial charge in [0.25, 0.3) is 0 Å². The Morgan fingerprint density at radius 1 is 1.28 bits per heavy atom. The van der Waals surface area contributed by atoms with E-state index in [-0.39, 0.29) is 30.8 Å². The first-order valence-electron chi connectivity index (χ1n) is 7.69. The molecular weight excluding hydrogens is 332 g/mol. The Morgan fingerprint density at radius 3 is 2.48 bits per heavy atom. The van der Waals surface area contributed by atoms with Crippen LogP contribution >= 0.6 is 0 Å². The zero-order valence-corrected chi connectivity index (χ0v) is 13.8. The number of benzene rings is 1. The summed E-state index contributed by atoms with van der Waals surface area (Å²) in [6, 6.07) is 2.06. The Hall–Kier alpha value is -2.81. The van der Waals surface area contributed by atoms with Gasteiger partial charge in [-0.2, -0.15) is 0 Å². The fourth-order valence-electron chi connectivity index (χ4n) is 2.09. The molecule has 0 radical (unpaired) electrons. The zero-order valence-electron chi connectivity index (χ0n) is 13.8. The standard InChI is InChI=1S/C16H22N2O7/c1-2-25-13-5-3-9(8-12(13)19)7-11(16(23)24)18-15(22)10(17)4-6-14(20)21/h3,5,8,10-11,19H,2,4,6-7,17H2,1H3,(H,18,22)(H,20,21)(H,23,24). The fourth-order valence-corrected chi connectivity index (χ4v) is 2.09. The molecule has 1 aromatic rings. The molecule has 2 unspecified atom stereocenters. The Labute approximate surface area is 144 Å². The third kappa shape index (κ3) is 6.68. The SMILES string of the molecule is CCOc1ccc(CC(NC(=O)C(N)CCC(=O)O)C(=O)O)cc1O. The molecule has 9 heteroatoms. The van der Waals surface area contributed by atoms with Crippen LogP contribution in [0.3, 0.4) is 0 Å². The second kappa shape index (κ2) is 9.48. The molecule has 2 atom stereocenters. The number of hydrogen-bond donors (Lipinski definition) is 5. The lowest BCUT2D eigenvalue weighted by molar-refractivity contribution is -0.142. The largest absolute Gasteiger partial charge is 0.504 e. The van der Waals surface area contributed by atoms with Gasteiger partial charge in [0.15, 0.2) is 11.5 Å². The predicted octanol–water partition coefficient (Wildman–Crippen LogP) is 0.0949. The number of hydrogen-bond acceptors (Lipinski definition) is 6. The number of phenolic OH excluding ortho intramolecular Hbond substituents is 1. The van der Waals surface area contributed by atoms with Crippen LogP contribution in [0.15, 0.2) is 18.2 Å². The van der Waals surface area contributed by atoms with E-state index >= 15 is 0 Å². The average Bonchev–Trinajstić information content (AvgIpc) is 2.54. The molecule has 0 aliphatic rings. The Kier molecular flexibility index (Phi) is 7.67. The van der Waals surface area contributed by atoms with Crippen LogP contribution in [0.25, 0.3) is 0 Å². The molecule has 0 saturated carbocycles. The fraction of sp³-hybridized carbons (Fsp3) is 0.438. The van der Waals surface area contributed by atoms with Crippen LogP contribution in [-0.4, -0.2) is 51.9 Å². The first-order chi connectivity index (χ1) is 11.7. The Bertz CT molecular complexity index is 633. The van der Waals surface area contributed by atoms with Gasteiger partial charge in [-0.15, -0.1) is 0 Å². The van der Waals surface area contributed by atoms with E-state index in [4.69, 9.17) is 15.6 Å². The highest BCUT2D eigenvalue weighted by Gasteiger charge is 2.24. The molecule has 1 amide bonds. The molecule has 0 aromatic heterocycles. The van der Waals surface area contributed by atoms with Crippen LogP contribution < -0.4 is 15.8 Å². The minimum atomic E-state index is -1.27. The van der Waals surface area contributed by atoms with Gasteiger partial charge in [0.2, 0.25) is 5.91 Å². The number of nitrogens with two attached hydrogens (primary N) is 1. The highest BCUT2D eigenvalue weighted by Crippen LogP contribution is 2.27. The summed E-state index contributed by atoms with van der Waals surface area (Å²) < 4.78 is 5.19. The van der Waals surface area contributed by atoms with Crippen molar-refractivity contribution in [1.82, 2.24) is 5.32 Å². The molecule has 0 aliphatic carbocycles. The lowest BCUT2D eigenvalue weighted by atomic mass is 10.0. The molecular formula is C16H22N2O7. The molecule has 0 heterocycles. The van der Waals surface area contributed by atoms with E-state index in [1.54, 1.807) is 13.0 Å². The summed E-state index contributed by atoms with van der Waals surface area (Å²) in [4.78, 5) is 33.7. The van der Waals surface area contributed by atoms with Gasteiger partial charge in [-0.1, -0.05) is 6.07 Å². The number of nitrogens with one attached hydrogen (secondary N) is 1. The monoisotopic (exact) mass is 354 g/mol. The lowest BCUT2D eigenvalue weighted by Crippen LogP contribution is -2.49. The number of rotatable bonds is 10. The highest BCUT2D eigenvalue weighted by atomic mass is 16.5. The third-order valence-corrected chi connectivity index (χ3v) is 3.38. The number of carbonyl (C=O) groups excluding carboxylic acids is 1. The van der Waals surface area contributed by atoms with Gasteiger partial charge in [-0.25, -0.2) is 4.79 Å². The van der Waals surface area contributed by atoms with Crippen molar-refractivity contribution in [2.45, 2.75) is 38.3 Å². The van der Waals surface area contributed by atoms with Crippen LogP contribution in [0.4, 0.5) is 0 Å². The van der Waals surface area contributed by atoms with Crippen molar-refractivity contribution in [2.75, 3.05) is 6.61 Å². The number of carboxylic acids is 2. The van der Waals surface area contributed by atoms with Gasteiger partial charge in [0.05, 0.1) is 12.6 Å². The second-order valence-corrected chi connectivity index (χ2v) is 5.38. The van der Waals surface area contributed by atoms with Crippen LogP contribution in [0.5, 0.6) is 11.5 Å². The molecule has 25 heavy (non-hydrogen) atoms. The lowest BCUT2D eigenvalue weighted by Gasteiger charge is -2.18. The molecule has 0 bridgehead atoms. The molecule has 1 aromatic carbocycles. The number of aromatic hydroxyl groups is 1. The van der Waals surface area contributed by atoms with Crippen molar-refractivity contribution >= 4 is 17.8 Å². The number of phenols is 1. The molecule has 1 rings (SSSR count). The normalized spacial score (nSPS) is 12.9. The van der Waals surface area contributed by atoms with Crippen LogP contribution in [0.1, 0.15) is 25.3 Å². The van der Waals surface area contributed by atoms with Crippen molar-refractivity contribution in [3.05, 3.63) is 23.8 Å². The van der Waals surface area contributed by atoms with E-state index in [2.05, 4.69) is 5.32 Å². The van der Waals surface area contributed by atoms with E-state index in [1.165, 1.54) is 12.1 Å². The number of carbonyl (C=O) groups is 3. The van der Waals surface area contributed by atoms with Gasteiger partial charge >= 0.3 is 11.9 Å². The molecule has 0 fully saturated rings. The van der Waals surface area contributed by atoms with Crippen molar-refractivity contribution < 1.29 is 34.4 Å². The van der Waals surface area contributed by atoms with Gasteiger partial charge in [-0.3, -0.25) is 9.59 Å². The predicted molar refractivity (Wildman–Crippen MR) is 87.4 cm³/mol. The van der Waals surface area contributed by atoms with Gasteiger partial charge in [0.1, 0.15) is 6.04 Å². The minimum Gasteiger partial charge on any atom is -0.504 e. The van der Waals surface area contributed by atoms with Crippen molar-refractivity contribution in [1.29, 1.82) is 0 Å². The van der Waals surface area contributed by atoms with Gasteiger partial charge < -0.3 is 31.1 Å². The number of carboxylic acid groups (broad SMARTS) is 2. The average molecular weight is 354 g/mol. The molecule has 0 aliphatic heterocycles. The van der Waals surface area contributed by atoms with E-state index in [0.717, 1.165) is 0 Å². The molecule has 0 saturated heterocycles. The summed E-state index contributed by atoms with van der Waals surface area (Å²) in [5, 5.41) is 29.9. The van der Waals surface area contributed by atoms with Crippen molar-refractivity contribution in [2.24, 2.45) is 5.73 Å². The Balaban J connectivity index is 2.74. The van der Waals surface area contributed by atoms with E-state index in [9.17, 15) is 24.6 Å². The number of aliphatic carboxylic acids is 2. The highest BCUT2D eigenvalue weighted by molar-refractivity contribution is 5.87. The van der Waals surface area contributed by atoms with E-state index in [1.807, 2.05) is 0 Å². The number of ether oxygens (including phenoxy) is 1. The van der Waals surface area contributed by atoms with Crippen LogP contribution in [0.2, 0.25) is 0 Å². The molecule has 9 nitrogen and oxygen atoms in total. The number of amides is 1. The maximum absolute atomic E-state index is 11.9. The van der Waals surface area contributed by atoms with Crippen LogP contribution in [0, 0.1) is 0 Å². The molecule has 6 N–H and O–H groups in total. The summed E-state index contributed by atoms with van der Waals surface area (Å²) in [7, 11) is 0. The summed E-state index contributed by atoms with van der Waals surface area (Å²) in [5.41, 5.74) is 6.04. The summed E-state index contributed by atoms with van der Waals surface area (Å²) in [6.07, 6.45) is -0.469. The summed E-state index contributed by atoms with van der Waals surface area (Å²) >= 11 is 0. The summed E-state index contributed by atoms with van der Waals surface area (Å²) in [5.74, 6) is -2.97. The minimum absolute atomic E-state index is 0.0767. The Morgan fingerprint density at radius 2 is 1.96 bits per heavy atom. The van der Waals surface area contributed by atoms with Gasteiger partial charge in [0, 0.05) is 12.8 Å². The third-order valence-electron chi connectivity index (χ3n) is 3.38. The maximum atomic E-state index is 11.9. The maximum Gasteiger partial charge on any atom is 0.326 e. The second-order valence-electron chi connectivity index (χ2n) is 5.38. The smallest absolute Gasteiger partial charge is 0.326 e. The van der Waals surface area contributed by atoms with Crippen molar-refractivity contribution in [3.63, 3.8) is 0 Å². The van der Waals surface area contributed by atoms with Crippen molar-refractivity contribution in [3.8, 4) is 11.5 Å². The zero-order chi connectivity index (χ0) is 19.0. The van der Waals surface area contributed by atoms with Gasteiger partial charge in [-0.05, 0) is 31.0 Å². The molecule has 138 valence electrons. The van der Waals surface area contributed by atoms with Crippen LogP contribution in [-0.2, 0) is 20.8 Å². The topological polar surface area (TPSA) is 159 Å². The van der Waals surface area contributed by atoms with E-state index in [0.29, 0.717) is 12.2 Å². The molecule has 0 spiro atoms.